The topological polar surface area (TPSA) is 94.3 Å². The summed E-state index contributed by atoms with van der Waals surface area (Å²) in [7, 11) is -4.09. The van der Waals surface area contributed by atoms with E-state index in [2.05, 4.69) is 10.9 Å². The number of anilines is 1. The quantitative estimate of drug-likeness (QED) is 0.328. The minimum atomic E-state index is -4.61. The number of thiazole rings is 1. The molecule has 2 aromatic rings. The van der Waals surface area contributed by atoms with Crippen LogP contribution in [0.3, 0.4) is 0 Å². The number of pyridine rings is 1. The third kappa shape index (κ3) is 6.86. The van der Waals surface area contributed by atoms with Crippen LogP contribution in [-0.4, -0.2) is 43.5 Å². The molecule has 1 amide bonds. The molecular formula is C17H15ClF3N3O4S2. The van der Waals surface area contributed by atoms with Crippen molar-refractivity contribution in [2.45, 2.75) is 19.0 Å². The zero-order valence-electron chi connectivity index (χ0n) is 15.2. The summed E-state index contributed by atoms with van der Waals surface area (Å²) in [5, 5.41) is 11.8. The fourth-order valence-corrected chi connectivity index (χ4v) is 4.83. The van der Waals surface area contributed by atoms with Crippen molar-refractivity contribution < 1.29 is 31.1 Å². The number of hydrogen-bond acceptors (Lipinski definition) is 6. The molecule has 0 saturated heterocycles. The second-order valence-electron chi connectivity index (χ2n) is 6.02. The van der Waals surface area contributed by atoms with Gasteiger partial charge in [-0.25, -0.2) is 13.4 Å². The van der Waals surface area contributed by atoms with Gasteiger partial charge in [-0.1, -0.05) is 28.9 Å². The van der Waals surface area contributed by atoms with Gasteiger partial charge < -0.3 is 5.21 Å². The van der Waals surface area contributed by atoms with Crippen molar-refractivity contribution in [2.24, 2.45) is 0 Å². The lowest BCUT2D eigenvalue weighted by Crippen LogP contribution is -2.32. The molecule has 0 aliphatic heterocycles. The number of amides is 1. The van der Waals surface area contributed by atoms with Crippen LogP contribution in [0.1, 0.15) is 12.8 Å². The van der Waals surface area contributed by atoms with Crippen molar-refractivity contribution in [3.05, 3.63) is 34.9 Å². The standard InChI is InChI=1S/C17H15ClF3N3O4S2/c1-2-7-24(13(25)5-9-30(27,28)10-6-17(19,20)21)16-14(18)22-15(29-16)12-4-3-8-23(26)11-12/h1,3-4,8,11H,5-7,9-10H2. The molecule has 2 aromatic heterocycles. The smallest absolute Gasteiger partial charge is 0.390 e. The summed E-state index contributed by atoms with van der Waals surface area (Å²) < 4.78 is 60.9. The van der Waals surface area contributed by atoms with Crippen molar-refractivity contribution in [3.63, 3.8) is 0 Å². The average molecular weight is 482 g/mol. The van der Waals surface area contributed by atoms with Gasteiger partial charge in [-0.2, -0.15) is 17.9 Å². The van der Waals surface area contributed by atoms with Crippen LogP contribution in [0.4, 0.5) is 18.2 Å². The monoisotopic (exact) mass is 481 g/mol. The number of hydrogen-bond donors (Lipinski definition) is 0. The summed E-state index contributed by atoms with van der Waals surface area (Å²) in [5.74, 6) is -0.348. The molecule has 2 heterocycles. The molecule has 0 saturated carbocycles. The predicted octanol–water partition coefficient (Wildman–Crippen LogP) is 2.82. The maximum atomic E-state index is 12.5. The molecule has 0 spiro atoms. The minimum absolute atomic E-state index is 0.0835. The number of rotatable bonds is 8. The van der Waals surface area contributed by atoms with Crippen LogP contribution in [-0.2, 0) is 14.6 Å². The Morgan fingerprint density at radius 1 is 1.40 bits per heavy atom. The highest BCUT2D eigenvalue weighted by molar-refractivity contribution is 7.91. The van der Waals surface area contributed by atoms with Crippen molar-refractivity contribution in [2.75, 3.05) is 23.0 Å². The molecule has 0 aromatic carbocycles. The molecule has 0 radical (unpaired) electrons. The number of carbonyl (C=O) groups is 1. The molecule has 0 fully saturated rings. The zero-order chi connectivity index (χ0) is 22.5. The van der Waals surface area contributed by atoms with E-state index < -0.39 is 46.3 Å². The fraction of sp³-hybridized carbons (Fsp3) is 0.353. The lowest BCUT2D eigenvalue weighted by atomic mass is 10.3. The Bertz CT molecular complexity index is 1060. The summed E-state index contributed by atoms with van der Waals surface area (Å²) in [6, 6.07) is 3.10. The van der Waals surface area contributed by atoms with E-state index in [0.29, 0.717) is 15.3 Å². The summed E-state index contributed by atoms with van der Waals surface area (Å²) in [4.78, 5) is 17.7. The number of halogens is 4. The van der Waals surface area contributed by atoms with E-state index in [4.69, 9.17) is 18.0 Å². The SMILES string of the molecule is C#CCN(C(=O)CCS(=O)(=O)CCC(F)(F)F)c1sc(-c2ccc[n+]([O-])c2)nc1Cl. The number of alkyl halides is 3. The third-order valence-corrected chi connectivity index (χ3v) is 6.87. The van der Waals surface area contributed by atoms with Gasteiger partial charge in [0.05, 0.1) is 30.0 Å². The summed E-state index contributed by atoms with van der Waals surface area (Å²) >= 11 is 7.07. The molecule has 30 heavy (non-hydrogen) atoms. The lowest BCUT2D eigenvalue weighted by Gasteiger charge is -2.18. The Kier molecular flexibility index (Phi) is 7.68. The van der Waals surface area contributed by atoms with Crippen LogP contribution in [0.25, 0.3) is 10.6 Å². The number of sulfone groups is 1. The van der Waals surface area contributed by atoms with Crippen molar-refractivity contribution in [1.82, 2.24) is 4.98 Å². The average Bonchev–Trinajstić information content (AvgIpc) is 3.04. The van der Waals surface area contributed by atoms with Gasteiger partial charge in [0.1, 0.15) is 10.0 Å². The molecule has 0 aliphatic carbocycles. The molecule has 0 unspecified atom stereocenters. The van der Waals surface area contributed by atoms with Crippen LogP contribution >= 0.6 is 22.9 Å². The summed E-state index contributed by atoms with van der Waals surface area (Å²) in [6.07, 6.45) is 1.13. The van der Waals surface area contributed by atoms with Gasteiger partial charge in [-0.05, 0) is 6.07 Å². The molecule has 0 atom stereocenters. The first-order valence-electron chi connectivity index (χ1n) is 8.28. The second kappa shape index (κ2) is 9.63. The molecular weight excluding hydrogens is 467 g/mol. The molecule has 0 aliphatic rings. The molecule has 162 valence electrons. The van der Waals surface area contributed by atoms with Crippen LogP contribution in [0.15, 0.2) is 24.5 Å². The van der Waals surface area contributed by atoms with Crippen LogP contribution in [0.5, 0.6) is 0 Å². The molecule has 0 bridgehead atoms. The van der Waals surface area contributed by atoms with Gasteiger partial charge in [0, 0.05) is 12.5 Å². The highest BCUT2D eigenvalue weighted by Gasteiger charge is 2.30. The number of carbonyl (C=O) groups excluding carboxylic acids is 1. The lowest BCUT2D eigenvalue weighted by molar-refractivity contribution is -0.604. The summed E-state index contributed by atoms with van der Waals surface area (Å²) in [5.41, 5.74) is 0.438. The van der Waals surface area contributed by atoms with Crippen molar-refractivity contribution in [1.29, 1.82) is 0 Å². The van der Waals surface area contributed by atoms with Crippen molar-refractivity contribution in [3.8, 4) is 22.9 Å². The van der Waals surface area contributed by atoms with E-state index in [0.717, 1.165) is 16.2 Å². The molecule has 13 heteroatoms. The van der Waals surface area contributed by atoms with Gasteiger partial charge in [-0.15, -0.1) is 6.42 Å². The third-order valence-electron chi connectivity index (χ3n) is 3.71. The second-order valence-corrected chi connectivity index (χ2v) is 9.66. The highest BCUT2D eigenvalue weighted by Crippen LogP contribution is 2.37. The van der Waals surface area contributed by atoms with Gasteiger partial charge >= 0.3 is 6.18 Å². The maximum absolute atomic E-state index is 12.5. The number of aromatic nitrogens is 2. The van der Waals surface area contributed by atoms with E-state index in [1.54, 1.807) is 6.07 Å². The van der Waals surface area contributed by atoms with Crippen molar-refractivity contribution >= 4 is 43.7 Å². The first-order chi connectivity index (χ1) is 13.9. The van der Waals surface area contributed by atoms with Crippen LogP contribution in [0, 0.1) is 17.6 Å². The molecule has 0 N–H and O–H groups in total. The maximum Gasteiger partial charge on any atom is 0.390 e. The first kappa shape index (κ1) is 23.9. The minimum Gasteiger partial charge on any atom is -0.619 e. The van der Waals surface area contributed by atoms with Crippen LogP contribution < -0.4 is 9.63 Å². The van der Waals surface area contributed by atoms with E-state index in [1.165, 1.54) is 18.5 Å². The predicted molar refractivity (Wildman–Crippen MR) is 107 cm³/mol. The Morgan fingerprint density at radius 2 is 2.10 bits per heavy atom. The van der Waals surface area contributed by atoms with Gasteiger partial charge in [-0.3, -0.25) is 9.69 Å². The van der Waals surface area contributed by atoms with E-state index in [1.807, 2.05) is 0 Å². The first-order valence-corrected chi connectivity index (χ1v) is 11.3. The zero-order valence-corrected chi connectivity index (χ0v) is 17.6. The van der Waals surface area contributed by atoms with Gasteiger partial charge in [0.25, 0.3) is 0 Å². The van der Waals surface area contributed by atoms with Crippen LogP contribution in [0.2, 0.25) is 5.15 Å². The molecule has 7 nitrogen and oxygen atoms in total. The number of terminal acetylenes is 1. The summed E-state index contributed by atoms with van der Waals surface area (Å²) in [6.45, 7) is -0.251. The fourth-order valence-electron chi connectivity index (χ4n) is 2.28. The Balaban J connectivity index is 2.17. The molecule has 2 rings (SSSR count). The van der Waals surface area contributed by atoms with Gasteiger partial charge in [0.15, 0.2) is 27.4 Å². The number of nitrogens with zero attached hydrogens (tertiary/aromatic N) is 3. The normalized spacial score (nSPS) is 11.8. The largest absolute Gasteiger partial charge is 0.619 e. The van der Waals surface area contributed by atoms with Gasteiger partial charge in [0.2, 0.25) is 5.91 Å². The van der Waals surface area contributed by atoms with E-state index in [9.17, 15) is 31.6 Å². The Labute approximate surface area is 179 Å². The Morgan fingerprint density at radius 3 is 2.70 bits per heavy atom. The Hall–Kier alpha value is -2.36. The van der Waals surface area contributed by atoms with E-state index in [-0.39, 0.29) is 16.7 Å². The highest BCUT2D eigenvalue weighted by atomic mass is 35.5. The van der Waals surface area contributed by atoms with E-state index >= 15 is 0 Å².